The van der Waals surface area contributed by atoms with Crippen LogP contribution in [0.5, 0.6) is 0 Å². The van der Waals surface area contributed by atoms with E-state index in [0.29, 0.717) is 12.7 Å². The molecular formula is C6H13NO2. The zero-order chi connectivity index (χ0) is 7.28. The Balaban J connectivity index is 3.44. The molecule has 0 bridgehead atoms. The SMILES string of the molecule is CCC[C@@H](O)[C@H](N)C=O. The number of nitrogens with two attached hydrogens (primary N) is 1. The van der Waals surface area contributed by atoms with E-state index in [2.05, 4.69) is 0 Å². The summed E-state index contributed by atoms with van der Waals surface area (Å²) in [6.07, 6.45) is 1.36. The first-order valence-corrected chi connectivity index (χ1v) is 3.11. The molecule has 9 heavy (non-hydrogen) atoms. The molecule has 0 aromatic heterocycles. The molecular weight excluding hydrogens is 118 g/mol. The van der Waals surface area contributed by atoms with Gasteiger partial charge in [-0.3, -0.25) is 0 Å². The summed E-state index contributed by atoms with van der Waals surface area (Å²) in [5.74, 6) is 0. The predicted molar refractivity (Wildman–Crippen MR) is 35.0 cm³/mol. The van der Waals surface area contributed by atoms with Crippen molar-refractivity contribution in [1.82, 2.24) is 0 Å². The van der Waals surface area contributed by atoms with E-state index in [0.717, 1.165) is 6.42 Å². The largest absolute Gasteiger partial charge is 0.391 e. The van der Waals surface area contributed by atoms with E-state index in [1.807, 2.05) is 6.92 Å². The van der Waals surface area contributed by atoms with Crippen LogP contribution in [0.1, 0.15) is 19.8 Å². The Labute approximate surface area is 54.9 Å². The molecule has 0 unspecified atom stereocenters. The average molecular weight is 131 g/mol. The number of aliphatic hydroxyl groups excluding tert-OH is 1. The highest BCUT2D eigenvalue weighted by Gasteiger charge is 2.10. The topological polar surface area (TPSA) is 63.3 Å². The fourth-order valence-corrected chi connectivity index (χ4v) is 0.579. The lowest BCUT2D eigenvalue weighted by atomic mass is 10.1. The molecule has 0 saturated carbocycles. The third kappa shape index (κ3) is 3.21. The third-order valence-corrected chi connectivity index (χ3v) is 1.19. The van der Waals surface area contributed by atoms with Crippen LogP contribution in [0, 0.1) is 0 Å². The van der Waals surface area contributed by atoms with E-state index in [1.54, 1.807) is 0 Å². The van der Waals surface area contributed by atoms with Gasteiger partial charge in [0.05, 0.1) is 12.1 Å². The molecule has 0 aliphatic carbocycles. The zero-order valence-electron chi connectivity index (χ0n) is 5.58. The maximum absolute atomic E-state index is 9.94. The van der Waals surface area contributed by atoms with Crippen LogP contribution in [0.3, 0.4) is 0 Å². The second-order valence-corrected chi connectivity index (χ2v) is 2.07. The van der Waals surface area contributed by atoms with E-state index < -0.39 is 12.1 Å². The zero-order valence-corrected chi connectivity index (χ0v) is 5.58. The molecule has 0 rings (SSSR count). The number of carbonyl (C=O) groups is 1. The monoisotopic (exact) mass is 131 g/mol. The minimum atomic E-state index is -0.704. The van der Waals surface area contributed by atoms with Gasteiger partial charge in [0.25, 0.3) is 0 Å². The van der Waals surface area contributed by atoms with Crippen molar-refractivity contribution in [1.29, 1.82) is 0 Å². The van der Waals surface area contributed by atoms with Crippen LogP contribution in [-0.2, 0) is 4.79 Å². The number of hydrogen-bond donors (Lipinski definition) is 2. The van der Waals surface area contributed by atoms with Crippen molar-refractivity contribution in [3.63, 3.8) is 0 Å². The van der Waals surface area contributed by atoms with Crippen LogP contribution >= 0.6 is 0 Å². The van der Waals surface area contributed by atoms with Crippen molar-refractivity contribution in [2.45, 2.75) is 31.9 Å². The average Bonchev–Trinajstić information content (AvgIpc) is 1.87. The van der Waals surface area contributed by atoms with Gasteiger partial charge in [-0.25, -0.2) is 0 Å². The van der Waals surface area contributed by atoms with Gasteiger partial charge in [0.1, 0.15) is 6.29 Å². The van der Waals surface area contributed by atoms with Gasteiger partial charge in [-0.2, -0.15) is 0 Å². The Kier molecular flexibility index (Phi) is 4.26. The Morgan fingerprint density at radius 3 is 2.67 bits per heavy atom. The molecule has 0 radical (unpaired) electrons. The standard InChI is InChI=1S/C6H13NO2/c1-2-3-6(9)5(7)4-8/h4-6,9H,2-3,7H2,1H3/t5-,6-/m1/s1. The van der Waals surface area contributed by atoms with Crippen LogP contribution < -0.4 is 5.73 Å². The Morgan fingerprint density at radius 1 is 1.78 bits per heavy atom. The van der Waals surface area contributed by atoms with Crippen LogP contribution in [0.25, 0.3) is 0 Å². The third-order valence-electron chi connectivity index (χ3n) is 1.19. The van der Waals surface area contributed by atoms with Crippen molar-refractivity contribution >= 4 is 6.29 Å². The lowest BCUT2D eigenvalue weighted by molar-refractivity contribution is -0.111. The first kappa shape index (κ1) is 8.59. The molecule has 0 aromatic rings. The van der Waals surface area contributed by atoms with Gasteiger partial charge in [-0.15, -0.1) is 0 Å². The quantitative estimate of drug-likeness (QED) is 0.514. The molecule has 0 fully saturated rings. The second kappa shape index (κ2) is 4.47. The first-order valence-electron chi connectivity index (χ1n) is 3.11. The minimum absolute atomic E-state index is 0.570. The van der Waals surface area contributed by atoms with Gasteiger partial charge < -0.3 is 15.6 Å². The van der Waals surface area contributed by atoms with Crippen LogP contribution in [0.2, 0.25) is 0 Å². The number of aldehydes is 1. The molecule has 0 spiro atoms. The predicted octanol–water partition coefficient (Wildman–Crippen LogP) is -0.326. The van der Waals surface area contributed by atoms with Gasteiger partial charge in [0.15, 0.2) is 0 Å². The van der Waals surface area contributed by atoms with Gasteiger partial charge in [-0.05, 0) is 6.42 Å². The van der Waals surface area contributed by atoms with E-state index in [9.17, 15) is 4.79 Å². The van der Waals surface area contributed by atoms with Gasteiger partial charge >= 0.3 is 0 Å². The fraction of sp³-hybridized carbons (Fsp3) is 0.833. The lowest BCUT2D eigenvalue weighted by Gasteiger charge is -2.10. The van der Waals surface area contributed by atoms with Crippen LogP contribution in [0.4, 0.5) is 0 Å². The molecule has 0 heterocycles. The van der Waals surface area contributed by atoms with Crippen LogP contribution in [-0.4, -0.2) is 23.5 Å². The van der Waals surface area contributed by atoms with E-state index >= 15 is 0 Å². The normalized spacial score (nSPS) is 16.8. The second-order valence-electron chi connectivity index (χ2n) is 2.07. The van der Waals surface area contributed by atoms with Crippen molar-refractivity contribution in [3.05, 3.63) is 0 Å². The summed E-state index contributed by atoms with van der Waals surface area (Å²) in [6.45, 7) is 1.93. The first-order chi connectivity index (χ1) is 4.22. The summed E-state index contributed by atoms with van der Waals surface area (Å²) in [7, 11) is 0. The number of carbonyl (C=O) groups excluding carboxylic acids is 1. The van der Waals surface area contributed by atoms with Gasteiger partial charge in [0.2, 0.25) is 0 Å². The van der Waals surface area contributed by atoms with E-state index in [4.69, 9.17) is 10.8 Å². The molecule has 0 aromatic carbocycles. The minimum Gasteiger partial charge on any atom is -0.391 e. The highest BCUT2D eigenvalue weighted by molar-refractivity contribution is 5.57. The molecule has 0 aliphatic heterocycles. The molecule has 0 aliphatic rings. The number of rotatable bonds is 4. The molecule has 2 atom stereocenters. The molecule has 54 valence electrons. The fourth-order valence-electron chi connectivity index (χ4n) is 0.579. The van der Waals surface area contributed by atoms with E-state index in [1.165, 1.54) is 0 Å². The van der Waals surface area contributed by atoms with Crippen LogP contribution in [0.15, 0.2) is 0 Å². The molecule has 3 N–H and O–H groups in total. The Bertz CT molecular complexity index is 85.1. The summed E-state index contributed by atoms with van der Waals surface area (Å²) in [4.78, 5) is 9.94. The molecule has 0 amide bonds. The highest BCUT2D eigenvalue weighted by Crippen LogP contribution is 1.97. The van der Waals surface area contributed by atoms with Gasteiger partial charge in [0, 0.05) is 0 Å². The van der Waals surface area contributed by atoms with Crippen molar-refractivity contribution in [2.24, 2.45) is 5.73 Å². The van der Waals surface area contributed by atoms with Crippen molar-refractivity contribution < 1.29 is 9.90 Å². The summed E-state index contributed by atoms with van der Waals surface area (Å²) in [5, 5.41) is 8.96. The maximum Gasteiger partial charge on any atom is 0.139 e. The Hall–Kier alpha value is -0.410. The molecule has 3 nitrogen and oxygen atoms in total. The van der Waals surface area contributed by atoms with Crippen molar-refractivity contribution in [3.8, 4) is 0 Å². The Morgan fingerprint density at radius 2 is 2.33 bits per heavy atom. The maximum atomic E-state index is 9.94. The highest BCUT2D eigenvalue weighted by atomic mass is 16.3. The van der Waals surface area contributed by atoms with E-state index in [-0.39, 0.29) is 0 Å². The smallest absolute Gasteiger partial charge is 0.139 e. The summed E-state index contributed by atoms with van der Waals surface area (Å²) in [5.41, 5.74) is 5.18. The summed E-state index contributed by atoms with van der Waals surface area (Å²) in [6, 6.07) is -0.704. The number of aliphatic hydroxyl groups is 1. The van der Waals surface area contributed by atoms with Gasteiger partial charge in [-0.1, -0.05) is 13.3 Å². The molecule has 3 heteroatoms. The summed E-state index contributed by atoms with van der Waals surface area (Å²) < 4.78 is 0. The molecule has 0 saturated heterocycles. The number of hydrogen-bond acceptors (Lipinski definition) is 3. The summed E-state index contributed by atoms with van der Waals surface area (Å²) >= 11 is 0. The lowest BCUT2D eigenvalue weighted by Crippen LogP contribution is -2.35. The van der Waals surface area contributed by atoms with Crippen molar-refractivity contribution in [2.75, 3.05) is 0 Å².